The van der Waals surface area contributed by atoms with Crippen molar-refractivity contribution < 1.29 is 14.1 Å². The summed E-state index contributed by atoms with van der Waals surface area (Å²) >= 11 is 6.65. The molecule has 0 spiro atoms. The van der Waals surface area contributed by atoms with E-state index in [1.807, 2.05) is 32.0 Å². The molecule has 1 aliphatic rings. The molecule has 0 atom stereocenters. The molecule has 0 aliphatic carbocycles. The minimum atomic E-state index is -0.453. The molecule has 0 saturated carbocycles. The minimum absolute atomic E-state index is 0.0141. The predicted molar refractivity (Wildman–Crippen MR) is 122 cm³/mol. The Balaban J connectivity index is 1.62. The first-order chi connectivity index (χ1) is 14.3. The van der Waals surface area contributed by atoms with Crippen LogP contribution < -0.4 is 4.90 Å². The number of nitro groups is 1. The monoisotopic (exact) mass is 436 g/mol. The Hall–Kier alpha value is -3.23. The highest BCUT2D eigenvalue weighted by atomic mass is 32.2. The van der Waals surface area contributed by atoms with E-state index in [0.29, 0.717) is 26.3 Å². The SMILES string of the molecule is Cc1ccc(N2C(=O)C(=Cc3ccc(-c4cccc([N+](=O)[O-])c4)o3)SC2=S)c(C)c1. The van der Waals surface area contributed by atoms with Crippen LogP contribution in [-0.2, 0) is 4.79 Å². The summed E-state index contributed by atoms with van der Waals surface area (Å²) in [5, 5.41) is 11.0. The molecule has 2 heterocycles. The quantitative estimate of drug-likeness (QED) is 0.220. The Labute approximate surface area is 182 Å². The lowest BCUT2D eigenvalue weighted by Gasteiger charge is -2.17. The summed E-state index contributed by atoms with van der Waals surface area (Å²) in [5.74, 6) is 0.748. The number of benzene rings is 2. The Morgan fingerprint density at radius 1 is 1.13 bits per heavy atom. The van der Waals surface area contributed by atoms with Gasteiger partial charge in [-0.1, -0.05) is 53.8 Å². The van der Waals surface area contributed by atoms with Gasteiger partial charge >= 0.3 is 0 Å². The number of nitro benzene ring substituents is 1. The molecule has 0 radical (unpaired) electrons. The van der Waals surface area contributed by atoms with Gasteiger partial charge in [0.2, 0.25) is 0 Å². The van der Waals surface area contributed by atoms with Gasteiger partial charge in [0.1, 0.15) is 11.5 Å². The minimum Gasteiger partial charge on any atom is -0.457 e. The van der Waals surface area contributed by atoms with Gasteiger partial charge in [-0.05, 0) is 37.6 Å². The fraction of sp³-hybridized carbons (Fsp3) is 0.0909. The number of hydrogen-bond donors (Lipinski definition) is 0. The second-order valence-electron chi connectivity index (χ2n) is 6.82. The number of furan rings is 1. The van der Waals surface area contributed by atoms with Crippen LogP contribution in [0.1, 0.15) is 16.9 Å². The highest BCUT2D eigenvalue weighted by Gasteiger charge is 2.34. The van der Waals surface area contributed by atoms with Crippen molar-refractivity contribution in [1.82, 2.24) is 0 Å². The molecule has 1 aliphatic heterocycles. The van der Waals surface area contributed by atoms with Crippen LogP contribution in [0, 0.1) is 24.0 Å². The molecule has 30 heavy (non-hydrogen) atoms. The molecule has 4 rings (SSSR count). The number of thioether (sulfide) groups is 1. The molecule has 1 saturated heterocycles. The van der Waals surface area contributed by atoms with Crippen LogP contribution in [0.25, 0.3) is 17.4 Å². The highest BCUT2D eigenvalue weighted by Crippen LogP contribution is 2.38. The molecule has 0 unspecified atom stereocenters. The molecule has 1 amide bonds. The maximum Gasteiger partial charge on any atom is 0.270 e. The van der Waals surface area contributed by atoms with Crippen molar-refractivity contribution in [2.45, 2.75) is 13.8 Å². The summed E-state index contributed by atoms with van der Waals surface area (Å²) in [6, 6.07) is 15.5. The highest BCUT2D eigenvalue weighted by molar-refractivity contribution is 8.27. The number of nitrogens with zero attached hydrogens (tertiary/aromatic N) is 2. The van der Waals surface area contributed by atoms with Gasteiger partial charge in [-0.15, -0.1) is 0 Å². The van der Waals surface area contributed by atoms with Crippen molar-refractivity contribution in [3.63, 3.8) is 0 Å². The summed E-state index contributed by atoms with van der Waals surface area (Å²) in [7, 11) is 0. The molecule has 1 fully saturated rings. The number of non-ortho nitro benzene ring substituents is 1. The van der Waals surface area contributed by atoms with Crippen LogP contribution >= 0.6 is 24.0 Å². The molecular formula is C22H16N2O4S2. The lowest BCUT2D eigenvalue weighted by molar-refractivity contribution is -0.384. The Morgan fingerprint density at radius 3 is 2.67 bits per heavy atom. The molecule has 3 aromatic rings. The number of anilines is 1. The molecule has 6 nitrogen and oxygen atoms in total. The Kier molecular flexibility index (Phi) is 5.27. The fourth-order valence-electron chi connectivity index (χ4n) is 3.22. The van der Waals surface area contributed by atoms with Crippen LogP contribution in [0.2, 0.25) is 0 Å². The number of aryl methyl sites for hydroxylation is 2. The van der Waals surface area contributed by atoms with Crippen LogP contribution in [0.4, 0.5) is 11.4 Å². The van der Waals surface area contributed by atoms with Gasteiger partial charge < -0.3 is 4.42 Å². The lowest BCUT2D eigenvalue weighted by atomic mass is 10.1. The first-order valence-corrected chi connectivity index (χ1v) is 10.3. The largest absolute Gasteiger partial charge is 0.457 e. The zero-order valence-electron chi connectivity index (χ0n) is 16.1. The molecule has 150 valence electrons. The van der Waals surface area contributed by atoms with Crippen molar-refractivity contribution >= 4 is 51.7 Å². The van der Waals surface area contributed by atoms with Crippen molar-refractivity contribution in [2.75, 3.05) is 4.90 Å². The summed E-state index contributed by atoms with van der Waals surface area (Å²) < 4.78 is 6.27. The zero-order valence-corrected chi connectivity index (χ0v) is 17.8. The normalized spacial score (nSPS) is 15.3. The number of rotatable bonds is 4. The lowest BCUT2D eigenvalue weighted by Crippen LogP contribution is -2.28. The number of amides is 1. The van der Waals surface area contributed by atoms with Gasteiger partial charge in [-0.3, -0.25) is 19.8 Å². The molecular weight excluding hydrogens is 420 g/mol. The number of thiocarbonyl (C=S) groups is 1. The molecule has 8 heteroatoms. The van der Waals surface area contributed by atoms with E-state index in [4.69, 9.17) is 16.6 Å². The maximum absolute atomic E-state index is 13.0. The predicted octanol–water partition coefficient (Wildman–Crippen LogP) is 5.88. The smallest absolute Gasteiger partial charge is 0.270 e. The zero-order chi connectivity index (χ0) is 21.4. The summed E-state index contributed by atoms with van der Waals surface area (Å²) in [6.07, 6.45) is 1.64. The van der Waals surface area contributed by atoms with Crippen molar-refractivity contribution in [2.24, 2.45) is 0 Å². The Bertz CT molecular complexity index is 1230. The van der Waals surface area contributed by atoms with Crippen molar-refractivity contribution in [3.8, 4) is 11.3 Å². The number of hydrogen-bond acceptors (Lipinski definition) is 6. The average molecular weight is 437 g/mol. The van der Waals surface area contributed by atoms with E-state index in [-0.39, 0.29) is 11.6 Å². The third kappa shape index (κ3) is 3.79. The summed E-state index contributed by atoms with van der Waals surface area (Å²) in [4.78, 5) is 25.5. The van der Waals surface area contributed by atoms with E-state index < -0.39 is 4.92 Å². The Morgan fingerprint density at radius 2 is 1.93 bits per heavy atom. The third-order valence-corrected chi connectivity index (χ3v) is 5.93. The summed E-state index contributed by atoms with van der Waals surface area (Å²) in [5.41, 5.74) is 3.43. The van der Waals surface area contributed by atoms with Crippen LogP contribution in [-0.4, -0.2) is 15.2 Å². The fourth-order valence-corrected chi connectivity index (χ4v) is 4.48. The van der Waals surface area contributed by atoms with Gasteiger partial charge in [0.25, 0.3) is 11.6 Å². The van der Waals surface area contributed by atoms with Crippen LogP contribution in [0.5, 0.6) is 0 Å². The van der Waals surface area contributed by atoms with E-state index in [2.05, 4.69) is 0 Å². The van der Waals surface area contributed by atoms with E-state index in [1.54, 1.807) is 30.3 Å². The molecule has 0 N–H and O–H groups in total. The van der Waals surface area contributed by atoms with Gasteiger partial charge in [0, 0.05) is 23.8 Å². The van der Waals surface area contributed by atoms with E-state index in [1.165, 1.54) is 28.8 Å². The number of carbonyl (C=O) groups is 1. The first-order valence-electron chi connectivity index (χ1n) is 9.03. The van der Waals surface area contributed by atoms with Crippen molar-refractivity contribution in [3.05, 3.63) is 86.5 Å². The van der Waals surface area contributed by atoms with E-state index in [9.17, 15) is 14.9 Å². The van der Waals surface area contributed by atoms with Gasteiger partial charge in [0.05, 0.1) is 15.5 Å². The molecule has 1 aromatic heterocycles. The van der Waals surface area contributed by atoms with Crippen molar-refractivity contribution in [1.29, 1.82) is 0 Å². The average Bonchev–Trinajstić information content (AvgIpc) is 3.28. The van der Waals surface area contributed by atoms with Gasteiger partial charge in [-0.2, -0.15) is 0 Å². The topological polar surface area (TPSA) is 76.6 Å². The first kappa shape index (κ1) is 20.1. The van der Waals surface area contributed by atoms with Gasteiger partial charge in [-0.25, -0.2) is 0 Å². The van der Waals surface area contributed by atoms with E-state index >= 15 is 0 Å². The summed E-state index contributed by atoms with van der Waals surface area (Å²) in [6.45, 7) is 3.94. The third-order valence-electron chi connectivity index (χ3n) is 4.63. The van der Waals surface area contributed by atoms with Crippen LogP contribution in [0.15, 0.2) is 63.9 Å². The number of carbonyl (C=O) groups excluding carboxylic acids is 1. The molecule has 2 aromatic carbocycles. The standard InChI is InChI=1S/C22H16N2O4S2/c1-13-6-8-18(14(2)10-13)23-21(25)20(30-22(23)29)12-17-7-9-19(28-17)15-4-3-5-16(11-15)24(26)27/h3-12H,1-2H3. The second-order valence-corrected chi connectivity index (χ2v) is 8.49. The molecule has 0 bridgehead atoms. The van der Waals surface area contributed by atoms with E-state index in [0.717, 1.165) is 16.8 Å². The second kappa shape index (κ2) is 7.89. The maximum atomic E-state index is 13.0. The van der Waals surface area contributed by atoms with Crippen LogP contribution in [0.3, 0.4) is 0 Å². The van der Waals surface area contributed by atoms with Gasteiger partial charge in [0.15, 0.2) is 4.32 Å².